The lowest BCUT2D eigenvalue weighted by atomic mass is 10.1. The molecule has 10 heteroatoms. The van der Waals surface area contributed by atoms with Crippen molar-refractivity contribution in [1.29, 1.82) is 0 Å². The number of anilines is 2. The fourth-order valence-electron chi connectivity index (χ4n) is 2.62. The van der Waals surface area contributed by atoms with Gasteiger partial charge in [0.25, 0.3) is 20.0 Å². The first-order valence-corrected chi connectivity index (χ1v) is 12.4. The Morgan fingerprint density at radius 1 is 0.600 bits per heavy atom. The minimum atomic E-state index is -3.91. The van der Waals surface area contributed by atoms with E-state index < -0.39 is 20.0 Å². The number of hydrogen-bond donors (Lipinski definition) is 2. The first kappa shape index (κ1) is 22.4. The fraction of sp³-hybridized carbons (Fsp3) is 0.100. The second kappa shape index (κ2) is 8.47. The van der Waals surface area contributed by atoms with Gasteiger partial charge in [0, 0.05) is 15.7 Å². The summed E-state index contributed by atoms with van der Waals surface area (Å²) in [6, 6.07) is 14.5. The average molecular weight is 485 g/mol. The van der Waals surface area contributed by atoms with Gasteiger partial charge in [-0.25, -0.2) is 16.8 Å². The second-order valence-electron chi connectivity index (χ2n) is 6.64. The van der Waals surface area contributed by atoms with Crippen LogP contribution in [0.2, 0.25) is 10.0 Å². The third-order valence-electron chi connectivity index (χ3n) is 4.32. The Labute approximate surface area is 186 Å². The number of benzene rings is 3. The van der Waals surface area contributed by atoms with Crippen LogP contribution in [-0.2, 0) is 20.0 Å². The van der Waals surface area contributed by atoms with Crippen molar-refractivity contribution >= 4 is 54.6 Å². The van der Waals surface area contributed by atoms with E-state index in [2.05, 4.69) is 9.44 Å². The van der Waals surface area contributed by atoms with Crippen molar-refractivity contribution in [3.8, 4) is 0 Å². The number of hydrogen-bond acceptors (Lipinski definition) is 4. The standard InChI is InChI=1S/C20H18Cl2N2O4S2/c1-13-3-6-20(9-14(13)2)30(27,28)23-17-4-7-19(8-5-17)29(25,26)24-18-11-15(21)10-16(22)12-18/h3-12,23-24H,1-2H3. The molecule has 0 aliphatic carbocycles. The van der Waals surface area contributed by atoms with Crippen LogP contribution < -0.4 is 9.44 Å². The van der Waals surface area contributed by atoms with E-state index in [0.717, 1.165) is 11.1 Å². The van der Waals surface area contributed by atoms with E-state index in [4.69, 9.17) is 23.2 Å². The molecule has 0 saturated heterocycles. The molecule has 0 fully saturated rings. The zero-order valence-electron chi connectivity index (χ0n) is 16.0. The van der Waals surface area contributed by atoms with Gasteiger partial charge in [-0.15, -0.1) is 0 Å². The van der Waals surface area contributed by atoms with E-state index in [9.17, 15) is 16.8 Å². The Balaban J connectivity index is 1.80. The highest BCUT2D eigenvalue weighted by Crippen LogP contribution is 2.25. The maximum Gasteiger partial charge on any atom is 0.261 e. The summed E-state index contributed by atoms with van der Waals surface area (Å²) >= 11 is 11.8. The highest BCUT2D eigenvalue weighted by Gasteiger charge is 2.17. The van der Waals surface area contributed by atoms with E-state index >= 15 is 0 Å². The quantitative estimate of drug-likeness (QED) is 0.501. The predicted molar refractivity (Wildman–Crippen MR) is 120 cm³/mol. The van der Waals surface area contributed by atoms with E-state index in [1.807, 2.05) is 13.8 Å². The van der Waals surface area contributed by atoms with Crippen LogP contribution in [0.1, 0.15) is 11.1 Å². The van der Waals surface area contributed by atoms with Gasteiger partial charge in [0.1, 0.15) is 0 Å². The molecule has 158 valence electrons. The molecule has 0 aliphatic heterocycles. The second-order valence-corrected chi connectivity index (χ2v) is 10.9. The van der Waals surface area contributed by atoms with Gasteiger partial charge in [-0.1, -0.05) is 29.3 Å². The largest absolute Gasteiger partial charge is 0.280 e. The Kier molecular flexibility index (Phi) is 6.33. The van der Waals surface area contributed by atoms with Gasteiger partial charge < -0.3 is 0 Å². The highest BCUT2D eigenvalue weighted by molar-refractivity contribution is 7.93. The first-order chi connectivity index (χ1) is 14.0. The Morgan fingerprint density at radius 2 is 1.10 bits per heavy atom. The van der Waals surface area contributed by atoms with Gasteiger partial charge in [0.05, 0.1) is 15.5 Å². The van der Waals surface area contributed by atoms with Crippen molar-refractivity contribution in [2.75, 3.05) is 9.44 Å². The number of rotatable bonds is 6. The van der Waals surface area contributed by atoms with E-state index in [-0.39, 0.29) is 31.2 Å². The van der Waals surface area contributed by atoms with Crippen LogP contribution in [0.5, 0.6) is 0 Å². The normalized spacial score (nSPS) is 11.9. The summed E-state index contributed by atoms with van der Waals surface area (Å²) in [5.41, 5.74) is 2.29. The van der Waals surface area contributed by atoms with E-state index in [0.29, 0.717) is 0 Å². The van der Waals surface area contributed by atoms with Crippen LogP contribution in [-0.4, -0.2) is 16.8 Å². The zero-order chi connectivity index (χ0) is 22.1. The monoisotopic (exact) mass is 484 g/mol. The molecule has 6 nitrogen and oxygen atoms in total. The van der Waals surface area contributed by atoms with Crippen molar-refractivity contribution in [3.05, 3.63) is 81.8 Å². The summed E-state index contributed by atoms with van der Waals surface area (Å²) < 4.78 is 55.2. The molecule has 0 spiro atoms. The summed E-state index contributed by atoms with van der Waals surface area (Å²) in [6.07, 6.45) is 0. The lowest BCUT2D eigenvalue weighted by Crippen LogP contribution is -2.15. The lowest BCUT2D eigenvalue weighted by Gasteiger charge is -2.12. The van der Waals surface area contributed by atoms with Crippen LogP contribution >= 0.6 is 23.2 Å². The molecule has 3 aromatic carbocycles. The molecule has 0 amide bonds. The van der Waals surface area contributed by atoms with Gasteiger partial charge in [0.15, 0.2) is 0 Å². The van der Waals surface area contributed by atoms with E-state index in [1.165, 1.54) is 48.5 Å². The molecule has 0 aromatic heterocycles. The zero-order valence-corrected chi connectivity index (χ0v) is 19.1. The molecule has 0 radical (unpaired) electrons. The number of nitrogens with one attached hydrogen (secondary N) is 2. The Hall–Kier alpha value is -2.26. The number of halogens is 2. The summed E-state index contributed by atoms with van der Waals surface area (Å²) in [5, 5.41) is 0.576. The summed E-state index contributed by atoms with van der Waals surface area (Å²) in [5.74, 6) is 0. The van der Waals surface area contributed by atoms with Gasteiger partial charge in [0.2, 0.25) is 0 Å². The van der Waals surface area contributed by atoms with Crippen LogP contribution in [0, 0.1) is 13.8 Å². The van der Waals surface area contributed by atoms with E-state index in [1.54, 1.807) is 12.1 Å². The molecule has 30 heavy (non-hydrogen) atoms. The van der Waals surface area contributed by atoms with Crippen molar-refractivity contribution < 1.29 is 16.8 Å². The molecular formula is C20H18Cl2N2O4S2. The minimum absolute atomic E-state index is 0.0484. The van der Waals surface area contributed by atoms with Crippen molar-refractivity contribution in [2.24, 2.45) is 0 Å². The Bertz CT molecular complexity index is 1290. The van der Waals surface area contributed by atoms with Crippen LogP contribution in [0.15, 0.2) is 70.5 Å². The van der Waals surface area contributed by atoms with Crippen molar-refractivity contribution in [1.82, 2.24) is 0 Å². The fourth-order valence-corrected chi connectivity index (χ4v) is 5.33. The Morgan fingerprint density at radius 3 is 1.67 bits per heavy atom. The van der Waals surface area contributed by atoms with Crippen molar-refractivity contribution in [3.63, 3.8) is 0 Å². The van der Waals surface area contributed by atoms with Gasteiger partial charge >= 0.3 is 0 Å². The summed E-state index contributed by atoms with van der Waals surface area (Å²) in [7, 11) is -7.72. The van der Waals surface area contributed by atoms with Gasteiger partial charge in [-0.3, -0.25) is 9.44 Å². The first-order valence-electron chi connectivity index (χ1n) is 8.65. The molecule has 0 bridgehead atoms. The molecule has 0 aliphatic rings. The summed E-state index contributed by atoms with van der Waals surface area (Å²) in [4.78, 5) is 0.0783. The molecule has 2 N–H and O–H groups in total. The van der Waals surface area contributed by atoms with Crippen molar-refractivity contribution in [2.45, 2.75) is 23.6 Å². The molecular weight excluding hydrogens is 467 g/mol. The molecule has 3 rings (SSSR count). The smallest absolute Gasteiger partial charge is 0.261 e. The maximum absolute atomic E-state index is 12.6. The molecule has 0 unspecified atom stereocenters. The SMILES string of the molecule is Cc1ccc(S(=O)(=O)Nc2ccc(S(=O)(=O)Nc3cc(Cl)cc(Cl)c3)cc2)cc1C. The maximum atomic E-state index is 12.6. The van der Waals surface area contributed by atoms with Crippen LogP contribution in [0.25, 0.3) is 0 Å². The van der Waals surface area contributed by atoms with Gasteiger partial charge in [-0.05, 0) is 79.6 Å². The predicted octanol–water partition coefficient (Wildman–Crippen LogP) is 5.21. The minimum Gasteiger partial charge on any atom is -0.280 e. The third kappa shape index (κ3) is 5.26. The topological polar surface area (TPSA) is 92.3 Å². The van der Waals surface area contributed by atoms with Crippen LogP contribution in [0.3, 0.4) is 0 Å². The molecule has 0 saturated carbocycles. The van der Waals surface area contributed by atoms with Crippen LogP contribution in [0.4, 0.5) is 11.4 Å². The molecule has 0 heterocycles. The average Bonchev–Trinajstić information content (AvgIpc) is 2.62. The lowest BCUT2D eigenvalue weighted by molar-refractivity contribution is 0.600. The molecule has 3 aromatic rings. The number of sulfonamides is 2. The summed E-state index contributed by atoms with van der Waals surface area (Å²) in [6.45, 7) is 3.72. The number of aryl methyl sites for hydroxylation is 2. The van der Waals surface area contributed by atoms with Gasteiger partial charge in [-0.2, -0.15) is 0 Å². The highest BCUT2D eigenvalue weighted by atomic mass is 35.5. The molecule has 0 atom stereocenters. The third-order valence-corrected chi connectivity index (χ3v) is 7.53.